The molecule has 164 valence electrons. The molecule has 0 aliphatic carbocycles. The molecule has 1 unspecified atom stereocenters. The normalized spacial score (nSPS) is 16.4. The number of para-hydroxylation sites is 1. The number of aromatic nitrogens is 3. The van der Waals surface area contributed by atoms with Crippen molar-refractivity contribution in [2.45, 2.75) is 19.6 Å². The summed E-state index contributed by atoms with van der Waals surface area (Å²) in [6.45, 7) is 5.47. The largest absolute Gasteiger partial charge is 0.474 e. The van der Waals surface area contributed by atoms with Gasteiger partial charge in [-0.2, -0.15) is 5.10 Å². The van der Waals surface area contributed by atoms with Crippen molar-refractivity contribution in [3.8, 4) is 17.1 Å². The molecular weight excluding hydrogens is 402 g/mol. The van der Waals surface area contributed by atoms with Crippen LogP contribution in [0.5, 0.6) is 5.88 Å². The Bertz CT molecular complexity index is 1290. The molecule has 0 radical (unpaired) electrons. The number of H-pyrrole nitrogens is 1. The molecule has 0 saturated carbocycles. The van der Waals surface area contributed by atoms with Gasteiger partial charge in [-0.05, 0) is 24.6 Å². The molecule has 5 rings (SSSR count). The number of ether oxygens (including phenoxy) is 1. The summed E-state index contributed by atoms with van der Waals surface area (Å²) in [6, 6.07) is 19.9. The van der Waals surface area contributed by atoms with Crippen LogP contribution < -0.4 is 20.5 Å². The van der Waals surface area contributed by atoms with Gasteiger partial charge < -0.3 is 15.0 Å². The van der Waals surface area contributed by atoms with Gasteiger partial charge in [0.1, 0.15) is 12.3 Å². The van der Waals surface area contributed by atoms with Crippen LogP contribution in [0.15, 0.2) is 65.5 Å². The number of hydrogen-bond acceptors (Lipinski definition) is 5. The summed E-state index contributed by atoms with van der Waals surface area (Å²) in [5, 5.41) is 9.35. The Morgan fingerprint density at radius 3 is 2.75 bits per heavy atom. The molecule has 3 heterocycles. The van der Waals surface area contributed by atoms with Crippen molar-refractivity contribution in [2.24, 2.45) is 7.05 Å². The summed E-state index contributed by atoms with van der Waals surface area (Å²) < 4.78 is 7.99. The number of rotatable bonds is 5. The monoisotopic (exact) mass is 429 g/mol. The number of anilines is 1. The fourth-order valence-corrected chi connectivity index (χ4v) is 4.43. The van der Waals surface area contributed by atoms with E-state index in [4.69, 9.17) is 9.84 Å². The van der Waals surface area contributed by atoms with Crippen molar-refractivity contribution in [1.82, 2.24) is 20.1 Å². The molecule has 2 N–H and O–H groups in total. The van der Waals surface area contributed by atoms with Gasteiger partial charge in [-0.3, -0.25) is 14.5 Å². The van der Waals surface area contributed by atoms with Crippen LogP contribution in [0.1, 0.15) is 12.5 Å². The Balaban J connectivity index is 1.58. The van der Waals surface area contributed by atoms with Crippen molar-refractivity contribution in [3.05, 3.63) is 76.6 Å². The van der Waals surface area contributed by atoms with Crippen LogP contribution in [0.4, 0.5) is 5.69 Å². The number of hydrogen-bond donors (Lipinski definition) is 2. The summed E-state index contributed by atoms with van der Waals surface area (Å²) in [5.74, 6) is 0.433. The van der Waals surface area contributed by atoms with Gasteiger partial charge in [-0.15, -0.1) is 0 Å². The van der Waals surface area contributed by atoms with E-state index in [2.05, 4.69) is 40.3 Å². The van der Waals surface area contributed by atoms with Gasteiger partial charge in [0.05, 0.1) is 16.8 Å². The topological polar surface area (TPSA) is 75.2 Å². The van der Waals surface area contributed by atoms with E-state index < -0.39 is 0 Å². The molecule has 1 aliphatic heterocycles. The van der Waals surface area contributed by atoms with Crippen LogP contribution in [0.25, 0.3) is 22.2 Å². The maximum Gasteiger partial charge on any atom is 0.250 e. The minimum absolute atomic E-state index is 0.202. The highest BCUT2D eigenvalue weighted by atomic mass is 16.5. The lowest BCUT2D eigenvalue weighted by atomic mass is 10.1. The number of benzene rings is 2. The third-order valence-corrected chi connectivity index (χ3v) is 6.02. The van der Waals surface area contributed by atoms with Gasteiger partial charge in [0.2, 0.25) is 5.88 Å². The summed E-state index contributed by atoms with van der Waals surface area (Å²) in [5.41, 5.74) is 4.66. The van der Waals surface area contributed by atoms with Crippen molar-refractivity contribution >= 4 is 16.6 Å². The van der Waals surface area contributed by atoms with Crippen LogP contribution in [0, 0.1) is 0 Å². The van der Waals surface area contributed by atoms with E-state index in [0.717, 1.165) is 47.4 Å². The zero-order valence-electron chi connectivity index (χ0n) is 18.3. The Morgan fingerprint density at radius 2 is 1.94 bits per heavy atom. The van der Waals surface area contributed by atoms with Crippen LogP contribution in [0.3, 0.4) is 0 Å². The Labute approximate surface area is 186 Å². The molecule has 2 aromatic carbocycles. The number of aryl methyl sites for hydroxylation is 1. The van der Waals surface area contributed by atoms with Crippen molar-refractivity contribution < 1.29 is 4.74 Å². The van der Waals surface area contributed by atoms with Crippen LogP contribution in [-0.2, 0) is 13.7 Å². The van der Waals surface area contributed by atoms with Crippen LogP contribution in [0.2, 0.25) is 0 Å². The molecule has 32 heavy (non-hydrogen) atoms. The number of nitrogens with zero attached hydrogens (tertiary/aromatic N) is 3. The van der Waals surface area contributed by atoms with Crippen LogP contribution in [-0.4, -0.2) is 40.4 Å². The Hall–Kier alpha value is -3.58. The third-order valence-electron chi connectivity index (χ3n) is 6.02. The second kappa shape index (κ2) is 8.51. The quantitative estimate of drug-likeness (QED) is 0.509. The van der Waals surface area contributed by atoms with Crippen molar-refractivity contribution in [2.75, 3.05) is 24.5 Å². The molecule has 0 spiro atoms. The minimum atomic E-state index is -0.202. The number of nitrogens with one attached hydrogen (secondary N) is 2. The molecule has 0 amide bonds. The average molecular weight is 430 g/mol. The molecule has 7 heteroatoms. The number of aromatic amines is 1. The van der Waals surface area contributed by atoms with E-state index in [1.54, 1.807) is 6.07 Å². The fourth-order valence-electron chi connectivity index (χ4n) is 4.43. The Morgan fingerprint density at radius 1 is 1.09 bits per heavy atom. The molecule has 1 aliphatic rings. The third kappa shape index (κ3) is 3.76. The maximum atomic E-state index is 12.1. The van der Waals surface area contributed by atoms with E-state index in [0.29, 0.717) is 18.5 Å². The van der Waals surface area contributed by atoms with Gasteiger partial charge in [0, 0.05) is 44.2 Å². The first-order valence-corrected chi connectivity index (χ1v) is 11.0. The van der Waals surface area contributed by atoms with E-state index in [-0.39, 0.29) is 5.56 Å². The molecular formula is C25H27N5O2. The molecule has 0 bridgehead atoms. The average Bonchev–Trinajstić information content (AvgIpc) is 3.15. The molecule has 4 aromatic rings. The smallest absolute Gasteiger partial charge is 0.250 e. The first kappa shape index (κ1) is 20.3. The highest BCUT2D eigenvalue weighted by molar-refractivity contribution is 6.01. The fraction of sp³-hybridized carbons (Fsp3) is 0.280. The zero-order chi connectivity index (χ0) is 22.1. The summed E-state index contributed by atoms with van der Waals surface area (Å²) in [4.78, 5) is 17.4. The summed E-state index contributed by atoms with van der Waals surface area (Å²) >= 11 is 0. The molecule has 7 nitrogen and oxygen atoms in total. The highest BCUT2D eigenvalue weighted by Gasteiger charge is 2.24. The summed E-state index contributed by atoms with van der Waals surface area (Å²) in [6.07, 6.45) is 0. The van der Waals surface area contributed by atoms with Gasteiger partial charge in [0.25, 0.3) is 5.56 Å². The SMILES string of the molecule is CC1CNCCN1c1cccc2c(-c3ccc(=O)[nH]c3OCc3ccccc3)nn(C)c12. The van der Waals surface area contributed by atoms with Gasteiger partial charge >= 0.3 is 0 Å². The number of piperazine rings is 1. The molecule has 1 fully saturated rings. The molecule has 2 aromatic heterocycles. The standard InChI is InChI=1S/C25H27N5O2/c1-17-15-26-13-14-30(17)21-10-6-9-19-23(28-29(2)24(19)21)20-11-12-22(31)27-25(20)32-16-18-7-4-3-5-8-18/h3-12,17,26H,13-16H2,1-2H3,(H,27,31). The van der Waals surface area contributed by atoms with Crippen molar-refractivity contribution in [3.63, 3.8) is 0 Å². The second-order valence-electron chi connectivity index (χ2n) is 8.23. The van der Waals surface area contributed by atoms with E-state index in [9.17, 15) is 4.79 Å². The van der Waals surface area contributed by atoms with E-state index in [1.165, 1.54) is 11.8 Å². The van der Waals surface area contributed by atoms with Gasteiger partial charge in [-0.25, -0.2) is 0 Å². The Kier molecular flexibility index (Phi) is 5.41. The maximum absolute atomic E-state index is 12.1. The van der Waals surface area contributed by atoms with Gasteiger partial charge in [-0.1, -0.05) is 42.5 Å². The molecule has 1 atom stereocenters. The lowest BCUT2D eigenvalue weighted by Crippen LogP contribution is -2.50. The van der Waals surface area contributed by atoms with E-state index in [1.807, 2.05) is 42.1 Å². The zero-order valence-corrected chi connectivity index (χ0v) is 18.3. The van der Waals surface area contributed by atoms with Gasteiger partial charge in [0.15, 0.2) is 0 Å². The number of fused-ring (bicyclic) bond motifs is 1. The summed E-state index contributed by atoms with van der Waals surface area (Å²) in [7, 11) is 1.97. The predicted molar refractivity (Wildman–Crippen MR) is 127 cm³/mol. The van der Waals surface area contributed by atoms with Crippen LogP contribution >= 0.6 is 0 Å². The highest BCUT2D eigenvalue weighted by Crippen LogP contribution is 2.37. The predicted octanol–water partition coefficient (Wildman–Crippen LogP) is 3.31. The lowest BCUT2D eigenvalue weighted by Gasteiger charge is -2.36. The minimum Gasteiger partial charge on any atom is -0.474 e. The van der Waals surface area contributed by atoms with Crippen molar-refractivity contribution in [1.29, 1.82) is 0 Å². The first-order chi connectivity index (χ1) is 15.6. The lowest BCUT2D eigenvalue weighted by molar-refractivity contribution is 0.294. The first-order valence-electron chi connectivity index (χ1n) is 11.0. The number of pyridine rings is 1. The molecule has 1 saturated heterocycles. The second-order valence-corrected chi connectivity index (χ2v) is 8.23. The van der Waals surface area contributed by atoms with E-state index >= 15 is 0 Å².